The number of rotatable bonds is 7. The fourth-order valence-corrected chi connectivity index (χ4v) is 3.69. The third kappa shape index (κ3) is 3.45. The van der Waals surface area contributed by atoms with Crippen molar-refractivity contribution in [2.75, 3.05) is 5.32 Å². The van der Waals surface area contributed by atoms with E-state index in [9.17, 15) is 9.59 Å². The number of nitrogens with one attached hydrogen (secondary N) is 2. The molecule has 2 amide bonds. The maximum Gasteiger partial charge on any atom is 0.262 e. The van der Waals surface area contributed by atoms with Crippen LogP contribution in [-0.2, 0) is 16.6 Å². The molecule has 1 atom stereocenters. The van der Waals surface area contributed by atoms with E-state index >= 15 is 0 Å². The van der Waals surface area contributed by atoms with Gasteiger partial charge in [0, 0.05) is 29.5 Å². The first kappa shape index (κ1) is 18.4. The van der Waals surface area contributed by atoms with Crippen molar-refractivity contribution in [3.05, 3.63) is 59.3 Å². The zero-order valence-electron chi connectivity index (χ0n) is 14.6. The molecule has 2 heterocycles. The second-order valence-electron chi connectivity index (χ2n) is 6.46. The van der Waals surface area contributed by atoms with E-state index in [2.05, 4.69) is 21.9 Å². The molecule has 136 valence electrons. The number of fused-ring (bicyclic) bond motifs is 1. The summed E-state index contributed by atoms with van der Waals surface area (Å²) >= 11 is 0.777. The van der Waals surface area contributed by atoms with Gasteiger partial charge < -0.3 is 5.32 Å². The summed E-state index contributed by atoms with van der Waals surface area (Å²) in [4.78, 5) is 29.0. The van der Waals surface area contributed by atoms with Crippen molar-refractivity contribution < 1.29 is 9.59 Å². The third-order valence-electron chi connectivity index (χ3n) is 4.82. The summed E-state index contributed by atoms with van der Waals surface area (Å²) in [5.41, 5.74) is 1.88. The molecule has 1 aliphatic rings. The topological polar surface area (TPSA) is 97.1 Å². The first-order valence-electron chi connectivity index (χ1n) is 8.62. The van der Waals surface area contributed by atoms with E-state index in [0.717, 1.165) is 42.5 Å². The Morgan fingerprint density at radius 3 is 2.77 bits per heavy atom. The van der Waals surface area contributed by atoms with Crippen LogP contribution in [0.2, 0.25) is 0 Å². The molecule has 1 aromatic carbocycles. The molecule has 0 saturated carbocycles. The van der Waals surface area contributed by atoms with Crippen LogP contribution in [0.5, 0.6) is 0 Å². The van der Waals surface area contributed by atoms with Gasteiger partial charge in [-0.2, -0.15) is 0 Å². The number of amides is 2. The first-order valence-corrected chi connectivity index (χ1v) is 9.50. The van der Waals surface area contributed by atoms with E-state index in [4.69, 9.17) is 5.14 Å². The van der Waals surface area contributed by atoms with Crippen LogP contribution in [0.15, 0.2) is 42.6 Å². The highest BCUT2D eigenvalue weighted by Crippen LogP contribution is 2.42. The fraction of sp³-hybridized carbons (Fsp3) is 0.316. The summed E-state index contributed by atoms with van der Waals surface area (Å²) in [5.74, 6) is 0.420. The van der Waals surface area contributed by atoms with Crippen molar-refractivity contribution in [3.8, 4) is 0 Å². The van der Waals surface area contributed by atoms with Crippen molar-refractivity contribution in [2.24, 2.45) is 5.14 Å². The molecule has 2 aromatic rings. The van der Waals surface area contributed by atoms with Gasteiger partial charge in [0.15, 0.2) is 0 Å². The Bertz CT molecular complexity index is 809. The lowest BCUT2D eigenvalue weighted by Gasteiger charge is -2.27. The van der Waals surface area contributed by atoms with Crippen LogP contribution in [0, 0.1) is 0 Å². The van der Waals surface area contributed by atoms with E-state index in [1.165, 1.54) is 0 Å². The first-order chi connectivity index (χ1) is 12.6. The van der Waals surface area contributed by atoms with Crippen LogP contribution in [-0.4, -0.2) is 16.8 Å². The van der Waals surface area contributed by atoms with Gasteiger partial charge in [0.05, 0.1) is 5.41 Å². The fourth-order valence-electron chi connectivity index (χ4n) is 3.47. The maximum atomic E-state index is 12.9. The maximum absolute atomic E-state index is 12.9. The lowest BCUT2D eigenvalue weighted by molar-refractivity contribution is -0.121. The van der Waals surface area contributed by atoms with E-state index in [1.807, 2.05) is 24.3 Å². The Morgan fingerprint density at radius 1 is 1.31 bits per heavy atom. The lowest BCUT2D eigenvalue weighted by atomic mass is 9.73. The normalized spacial score (nSPS) is 18.3. The zero-order chi connectivity index (χ0) is 18.6. The quantitative estimate of drug-likeness (QED) is 0.651. The molecule has 0 spiro atoms. The summed E-state index contributed by atoms with van der Waals surface area (Å²) in [6.45, 7) is 2.12. The number of pyridine rings is 1. The molecule has 1 aliphatic heterocycles. The SMILES string of the molecule is CCCCC1(Cc2ccc(C(=O)NSN)cc2)C(=O)Nc2ncccc21. The minimum absolute atomic E-state index is 0.000927. The molecule has 1 aromatic heterocycles. The van der Waals surface area contributed by atoms with Crippen molar-refractivity contribution >= 4 is 29.8 Å². The number of aromatic nitrogens is 1. The van der Waals surface area contributed by atoms with Crippen LogP contribution >= 0.6 is 12.1 Å². The Labute approximate surface area is 157 Å². The standard InChI is InChI=1S/C19H22N4O2S/c1-2-3-10-19(15-5-4-11-21-16(15)22-18(19)25)12-13-6-8-14(9-7-13)17(24)23-26-20/h4-9,11H,2-3,10,12,20H2,1H3,(H,23,24)(H,21,22,25). The average molecular weight is 370 g/mol. The van der Waals surface area contributed by atoms with Crippen LogP contribution in [0.25, 0.3) is 0 Å². The molecule has 0 aliphatic carbocycles. The summed E-state index contributed by atoms with van der Waals surface area (Å²) in [6, 6.07) is 11.2. The summed E-state index contributed by atoms with van der Waals surface area (Å²) in [5, 5.41) is 8.20. The molecule has 7 heteroatoms. The molecule has 0 saturated heterocycles. The van der Waals surface area contributed by atoms with Crippen molar-refractivity contribution in [1.82, 2.24) is 9.71 Å². The van der Waals surface area contributed by atoms with Gasteiger partial charge in [-0.1, -0.05) is 38.0 Å². The third-order valence-corrected chi connectivity index (χ3v) is 5.12. The summed E-state index contributed by atoms with van der Waals surface area (Å²) in [7, 11) is 0. The number of nitrogens with zero attached hydrogens (tertiary/aromatic N) is 1. The molecule has 26 heavy (non-hydrogen) atoms. The Morgan fingerprint density at radius 2 is 2.08 bits per heavy atom. The molecule has 1 unspecified atom stereocenters. The second-order valence-corrected chi connectivity index (χ2v) is 6.90. The zero-order valence-corrected chi connectivity index (χ0v) is 15.4. The van der Waals surface area contributed by atoms with E-state index < -0.39 is 5.41 Å². The second kappa shape index (κ2) is 7.88. The smallest absolute Gasteiger partial charge is 0.262 e. The van der Waals surface area contributed by atoms with Gasteiger partial charge in [-0.25, -0.2) is 4.98 Å². The van der Waals surface area contributed by atoms with Crippen LogP contribution in [0.1, 0.15) is 47.7 Å². The Balaban J connectivity index is 1.91. The highest BCUT2D eigenvalue weighted by atomic mass is 32.2. The molecule has 6 nitrogen and oxygen atoms in total. The van der Waals surface area contributed by atoms with Crippen LogP contribution < -0.4 is 15.2 Å². The summed E-state index contributed by atoms with van der Waals surface area (Å²) < 4.78 is 2.49. The molecular formula is C19H22N4O2S. The molecule has 0 bridgehead atoms. The highest BCUT2D eigenvalue weighted by Gasteiger charge is 2.46. The number of nitrogens with two attached hydrogens (primary N) is 1. The van der Waals surface area contributed by atoms with Crippen molar-refractivity contribution in [1.29, 1.82) is 0 Å². The highest BCUT2D eigenvalue weighted by molar-refractivity contribution is 7.95. The number of benzene rings is 1. The van der Waals surface area contributed by atoms with E-state index in [-0.39, 0.29) is 11.8 Å². The monoisotopic (exact) mass is 370 g/mol. The van der Waals surface area contributed by atoms with Gasteiger partial charge >= 0.3 is 0 Å². The van der Waals surface area contributed by atoms with E-state index in [1.54, 1.807) is 18.3 Å². The predicted molar refractivity (Wildman–Crippen MR) is 103 cm³/mol. The number of hydrogen-bond acceptors (Lipinski definition) is 5. The molecular weight excluding hydrogens is 348 g/mol. The van der Waals surface area contributed by atoms with Gasteiger partial charge in [-0.3, -0.25) is 19.5 Å². The predicted octanol–water partition coefficient (Wildman–Crippen LogP) is 2.96. The Kier molecular flexibility index (Phi) is 5.58. The van der Waals surface area contributed by atoms with E-state index in [0.29, 0.717) is 17.8 Å². The Hall–Kier alpha value is -2.38. The van der Waals surface area contributed by atoms with Crippen molar-refractivity contribution in [2.45, 2.75) is 38.0 Å². The number of carbonyl (C=O) groups excluding carboxylic acids is 2. The van der Waals surface area contributed by atoms with Crippen molar-refractivity contribution in [3.63, 3.8) is 0 Å². The van der Waals surface area contributed by atoms with Gasteiger partial charge in [0.1, 0.15) is 5.82 Å². The minimum atomic E-state index is -0.615. The summed E-state index contributed by atoms with van der Waals surface area (Å²) in [6.07, 6.45) is 5.00. The van der Waals surface area contributed by atoms with Crippen LogP contribution in [0.4, 0.5) is 5.82 Å². The molecule has 0 radical (unpaired) electrons. The number of hydrogen-bond donors (Lipinski definition) is 3. The van der Waals surface area contributed by atoms with Gasteiger partial charge in [0.2, 0.25) is 5.91 Å². The number of carbonyl (C=O) groups is 2. The molecule has 3 rings (SSSR count). The van der Waals surface area contributed by atoms with Gasteiger partial charge in [0.25, 0.3) is 5.91 Å². The van der Waals surface area contributed by atoms with Crippen LogP contribution in [0.3, 0.4) is 0 Å². The van der Waals surface area contributed by atoms with Gasteiger partial charge in [-0.05, 0) is 36.6 Å². The molecule has 0 fully saturated rings. The van der Waals surface area contributed by atoms with Gasteiger partial charge in [-0.15, -0.1) is 0 Å². The number of unbranched alkanes of at least 4 members (excludes halogenated alkanes) is 1. The molecule has 4 N–H and O–H groups in total. The minimum Gasteiger partial charge on any atom is -0.310 e. The average Bonchev–Trinajstić information content (AvgIpc) is 2.93. The number of anilines is 1. The lowest BCUT2D eigenvalue weighted by Crippen LogP contribution is -2.36. The largest absolute Gasteiger partial charge is 0.310 e.